The Morgan fingerprint density at radius 1 is 1.39 bits per heavy atom. The van der Waals surface area contributed by atoms with E-state index in [2.05, 4.69) is 10.5 Å². The summed E-state index contributed by atoms with van der Waals surface area (Å²) in [5.74, 6) is -0.642. The van der Waals surface area contributed by atoms with Crippen LogP contribution in [0.3, 0.4) is 0 Å². The molecule has 1 rings (SSSR count). The summed E-state index contributed by atoms with van der Waals surface area (Å²) in [5.41, 5.74) is 10.1. The average molecular weight is 247 g/mol. The fraction of sp³-hybridized carbons (Fsp3) is 0.231. The van der Waals surface area contributed by atoms with Crippen molar-refractivity contribution in [3.8, 4) is 5.75 Å². The van der Waals surface area contributed by atoms with Gasteiger partial charge in [0.05, 0.1) is 11.3 Å². The highest BCUT2D eigenvalue weighted by atomic mass is 16.3. The van der Waals surface area contributed by atoms with Crippen molar-refractivity contribution in [1.29, 1.82) is 0 Å². The lowest BCUT2D eigenvalue weighted by Crippen LogP contribution is -2.18. The van der Waals surface area contributed by atoms with Gasteiger partial charge in [-0.15, -0.1) is 0 Å². The SMILES string of the molecule is CC(C)=CC(C)=NNC(=O)c1ccc(N)cc1O. The van der Waals surface area contributed by atoms with Crippen molar-refractivity contribution in [1.82, 2.24) is 5.43 Å². The molecule has 0 radical (unpaired) electrons. The zero-order valence-electron chi connectivity index (χ0n) is 10.7. The van der Waals surface area contributed by atoms with E-state index in [0.29, 0.717) is 11.4 Å². The molecule has 0 aromatic heterocycles. The van der Waals surface area contributed by atoms with Gasteiger partial charge in [-0.25, -0.2) is 5.43 Å². The van der Waals surface area contributed by atoms with Crippen LogP contribution in [-0.4, -0.2) is 16.7 Å². The first-order valence-electron chi connectivity index (χ1n) is 5.48. The maximum atomic E-state index is 11.7. The third-order valence-corrected chi connectivity index (χ3v) is 2.10. The first-order valence-corrected chi connectivity index (χ1v) is 5.48. The highest BCUT2D eigenvalue weighted by Gasteiger charge is 2.10. The summed E-state index contributed by atoms with van der Waals surface area (Å²) in [6.45, 7) is 5.65. The van der Waals surface area contributed by atoms with E-state index in [1.807, 2.05) is 19.9 Å². The van der Waals surface area contributed by atoms with Crippen molar-refractivity contribution in [3.63, 3.8) is 0 Å². The molecular weight excluding hydrogens is 230 g/mol. The molecule has 0 aliphatic carbocycles. The van der Waals surface area contributed by atoms with Crippen LogP contribution in [0.25, 0.3) is 0 Å². The van der Waals surface area contributed by atoms with E-state index < -0.39 is 5.91 Å². The number of nitrogen functional groups attached to an aromatic ring is 1. The molecule has 0 aliphatic heterocycles. The van der Waals surface area contributed by atoms with E-state index in [0.717, 1.165) is 5.57 Å². The van der Waals surface area contributed by atoms with Crippen LogP contribution in [-0.2, 0) is 0 Å². The standard InChI is InChI=1S/C13H17N3O2/c1-8(2)6-9(3)15-16-13(18)11-5-4-10(14)7-12(11)17/h4-7,17H,14H2,1-3H3,(H,16,18). The fourth-order valence-electron chi connectivity index (χ4n) is 1.39. The molecule has 0 bridgehead atoms. The smallest absolute Gasteiger partial charge is 0.275 e. The van der Waals surface area contributed by atoms with Gasteiger partial charge < -0.3 is 10.8 Å². The van der Waals surface area contributed by atoms with Gasteiger partial charge in [0, 0.05) is 11.8 Å². The van der Waals surface area contributed by atoms with E-state index in [-0.39, 0.29) is 11.3 Å². The van der Waals surface area contributed by atoms with Crippen LogP contribution in [0.4, 0.5) is 5.69 Å². The number of allylic oxidation sites excluding steroid dienone is 2. The summed E-state index contributed by atoms with van der Waals surface area (Å²) in [7, 11) is 0. The predicted molar refractivity (Wildman–Crippen MR) is 72.5 cm³/mol. The molecule has 0 unspecified atom stereocenters. The molecule has 0 saturated heterocycles. The number of nitrogens with one attached hydrogen (secondary N) is 1. The lowest BCUT2D eigenvalue weighted by molar-refractivity contribution is 0.0952. The van der Waals surface area contributed by atoms with Crippen LogP contribution in [0.15, 0.2) is 34.9 Å². The largest absolute Gasteiger partial charge is 0.507 e. The Morgan fingerprint density at radius 3 is 2.61 bits per heavy atom. The minimum absolute atomic E-state index is 0.137. The number of hydrogen-bond acceptors (Lipinski definition) is 4. The van der Waals surface area contributed by atoms with Crippen molar-refractivity contribution < 1.29 is 9.90 Å². The molecule has 0 spiro atoms. The van der Waals surface area contributed by atoms with Crippen molar-refractivity contribution in [2.75, 3.05) is 5.73 Å². The van der Waals surface area contributed by atoms with Gasteiger partial charge in [-0.3, -0.25) is 4.79 Å². The average Bonchev–Trinajstić information content (AvgIpc) is 2.25. The van der Waals surface area contributed by atoms with Gasteiger partial charge in [0.1, 0.15) is 5.75 Å². The van der Waals surface area contributed by atoms with Gasteiger partial charge in [-0.1, -0.05) is 5.57 Å². The zero-order chi connectivity index (χ0) is 13.7. The van der Waals surface area contributed by atoms with Gasteiger partial charge in [0.25, 0.3) is 5.91 Å². The lowest BCUT2D eigenvalue weighted by Gasteiger charge is -2.04. The first-order chi connectivity index (χ1) is 8.40. The Morgan fingerprint density at radius 2 is 2.06 bits per heavy atom. The second kappa shape index (κ2) is 5.86. The van der Waals surface area contributed by atoms with E-state index in [9.17, 15) is 9.90 Å². The molecule has 1 aromatic rings. The number of nitrogens with zero attached hydrogens (tertiary/aromatic N) is 1. The minimum Gasteiger partial charge on any atom is -0.507 e. The highest BCUT2D eigenvalue weighted by molar-refractivity contribution is 5.99. The van der Waals surface area contributed by atoms with Crippen molar-refractivity contribution in [2.24, 2.45) is 5.10 Å². The minimum atomic E-state index is -0.478. The number of hydrazone groups is 1. The van der Waals surface area contributed by atoms with E-state index in [1.54, 1.807) is 13.0 Å². The molecular formula is C13H17N3O2. The molecule has 1 aromatic carbocycles. The molecule has 5 heteroatoms. The number of rotatable bonds is 3. The molecule has 0 aliphatic rings. The number of carbonyl (C=O) groups excluding carboxylic acids is 1. The molecule has 0 saturated carbocycles. The molecule has 18 heavy (non-hydrogen) atoms. The molecule has 5 nitrogen and oxygen atoms in total. The summed E-state index contributed by atoms with van der Waals surface area (Å²) >= 11 is 0. The summed E-state index contributed by atoms with van der Waals surface area (Å²) in [4.78, 5) is 11.7. The van der Waals surface area contributed by atoms with E-state index >= 15 is 0 Å². The summed E-state index contributed by atoms with van der Waals surface area (Å²) < 4.78 is 0. The Balaban J connectivity index is 2.81. The fourth-order valence-corrected chi connectivity index (χ4v) is 1.39. The van der Waals surface area contributed by atoms with Crippen LogP contribution in [0.1, 0.15) is 31.1 Å². The number of carbonyl (C=O) groups is 1. The molecule has 4 N–H and O–H groups in total. The van der Waals surface area contributed by atoms with Crippen LogP contribution >= 0.6 is 0 Å². The van der Waals surface area contributed by atoms with Crippen LogP contribution < -0.4 is 11.2 Å². The van der Waals surface area contributed by atoms with Gasteiger partial charge >= 0.3 is 0 Å². The van der Waals surface area contributed by atoms with Gasteiger partial charge in [-0.05, 0) is 39.0 Å². The third kappa shape index (κ3) is 3.93. The molecule has 96 valence electrons. The normalized spacial score (nSPS) is 10.9. The van der Waals surface area contributed by atoms with Crippen LogP contribution in [0.5, 0.6) is 5.75 Å². The number of nitrogens with two attached hydrogens (primary N) is 1. The summed E-state index contributed by atoms with van der Waals surface area (Å²) in [5, 5.41) is 13.5. The second-order valence-corrected chi connectivity index (χ2v) is 4.19. The predicted octanol–water partition coefficient (Wildman–Crippen LogP) is 2.05. The van der Waals surface area contributed by atoms with Crippen molar-refractivity contribution in [3.05, 3.63) is 35.4 Å². The van der Waals surface area contributed by atoms with E-state index in [4.69, 9.17) is 5.73 Å². The monoisotopic (exact) mass is 247 g/mol. The maximum Gasteiger partial charge on any atom is 0.275 e. The number of amides is 1. The first kappa shape index (κ1) is 13.8. The van der Waals surface area contributed by atoms with Crippen LogP contribution in [0, 0.1) is 0 Å². The summed E-state index contributed by atoms with van der Waals surface area (Å²) in [6, 6.07) is 4.31. The highest BCUT2D eigenvalue weighted by Crippen LogP contribution is 2.19. The number of phenolic OH excluding ortho intramolecular Hbond substituents is 1. The van der Waals surface area contributed by atoms with Gasteiger partial charge in [0.15, 0.2) is 0 Å². The molecule has 0 atom stereocenters. The number of aromatic hydroxyl groups is 1. The number of hydrogen-bond donors (Lipinski definition) is 3. The van der Waals surface area contributed by atoms with Crippen molar-refractivity contribution >= 4 is 17.3 Å². The number of benzene rings is 1. The zero-order valence-corrected chi connectivity index (χ0v) is 10.7. The lowest BCUT2D eigenvalue weighted by atomic mass is 10.2. The Bertz CT molecular complexity index is 515. The summed E-state index contributed by atoms with van der Waals surface area (Å²) in [6.07, 6.45) is 1.84. The molecule has 0 heterocycles. The quantitative estimate of drug-likeness (QED) is 0.434. The molecule has 1 amide bonds. The van der Waals surface area contributed by atoms with Crippen molar-refractivity contribution in [2.45, 2.75) is 20.8 Å². The van der Waals surface area contributed by atoms with E-state index in [1.165, 1.54) is 12.1 Å². The topological polar surface area (TPSA) is 87.7 Å². The second-order valence-electron chi connectivity index (χ2n) is 4.19. The Labute approximate surface area is 106 Å². The Kier molecular flexibility index (Phi) is 4.48. The number of anilines is 1. The Hall–Kier alpha value is -2.30. The number of phenols is 1. The maximum absolute atomic E-state index is 11.7. The van der Waals surface area contributed by atoms with Crippen LogP contribution in [0.2, 0.25) is 0 Å². The third-order valence-electron chi connectivity index (χ3n) is 2.10. The van der Waals surface area contributed by atoms with Gasteiger partial charge in [-0.2, -0.15) is 5.10 Å². The molecule has 0 fully saturated rings. The van der Waals surface area contributed by atoms with Gasteiger partial charge in [0.2, 0.25) is 0 Å².